The number of rotatable bonds is 20. The van der Waals surface area contributed by atoms with Gasteiger partial charge in [0, 0.05) is 7.05 Å². The molecular weight excluding hydrogens is 513 g/mol. The van der Waals surface area contributed by atoms with Crippen LogP contribution in [0.4, 0.5) is 9.59 Å². The maximum Gasteiger partial charge on any atom is 0.508 e. The van der Waals surface area contributed by atoms with Crippen molar-refractivity contribution in [2.24, 2.45) is 10.5 Å². The van der Waals surface area contributed by atoms with E-state index in [0.29, 0.717) is 12.8 Å². The second-order valence-electron chi connectivity index (χ2n) is 7.77. The molecule has 1 atom stereocenters. The van der Waals surface area contributed by atoms with Crippen molar-refractivity contribution in [2.45, 2.75) is 71.8 Å². The topological polar surface area (TPSA) is 186 Å². The van der Waals surface area contributed by atoms with Gasteiger partial charge in [0.25, 0.3) is 0 Å². The Hall–Kier alpha value is -2.57. The highest BCUT2D eigenvalue weighted by Crippen LogP contribution is 2.49. The Morgan fingerprint density at radius 1 is 0.811 bits per heavy atom. The summed E-state index contributed by atoms with van der Waals surface area (Å²) in [5.41, 5.74) is 5.85. The number of carboxylic acid groups (broad SMARTS) is 1. The molecule has 0 aliphatic rings. The van der Waals surface area contributed by atoms with Gasteiger partial charge in [-0.1, -0.05) is 46.5 Å². The summed E-state index contributed by atoms with van der Waals surface area (Å²) in [5, 5.41) is 9.32. The quantitative estimate of drug-likeness (QED) is 0.0724. The largest absolute Gasteiger partial charge is 0.508 e. The third-order valence-electron chi connectivity index (χ3n) is 4.78. The fraction of sp³-hybridized carbons (Fsp3) is 0.818. The first-order valence-electron chi connectivity index (χ1n) is 12.4. The van der Waals surface area contributed by atoms with Gasteiger partial charge in [0.2, 0.25) is 5.96 Å². The molecule has 0 aromatic rings. The summed E-state index contributed by atoms with van der Waals surface area (Å²) in [6, 6.07) is -1.03. The molecule has 3 N–H and O–H groups in total. The van der Waals surface area contributed by atoms with Gasteiger partial charge in [-0.05, 0) is 19.3 Å². The van der Waals surface area contributed by atoms with Gasteiger partial charge in [-0.2, -0.15) is 0 Å². The van der Waals surface area contributed by atoms with Crippen LogP contribution in [0.1, 0.15) is 65.7 Å². The summed E-state index contributed by atoms with van der Waals surface area (Å²) in [6.45, 7) is 4.66. The highest BCUT2D eigenvalue weighted by molar-refractivity contribution is 7.52. The molecule has 216 valence electrons. The van der Waals surface area contributed by atoms with E-state index in [9.17, 15) is 24.1 Å². The van der Waals surface area contributed by atoms with Gasteiger partial charge >= 0.3 is 26.0 Å². The number of unbranched alkanes of at least 4 members (excludes halogenated alkanes) is 4. The molecule has 37 heavy (non-hydrogen) atoms. The van der Waals surface area contributed by atoms with Crippen molar-refractivity contribution in [3.05, 3.63) is 0 Å². The van der Waals surface area contributed by atoms with Gasteiger partial charge in [0.05, 0.1) is 26.4 Å². The molecule has 0 spiro atoms. The van der Waals surface area contributed by atoms with Crippen molar-refractivity contribution in [3.63, 3.8) is 0 Å². The first-order valence-corrected chi connectivity index (χ1v) is 13.9. The van der Waals surface area contributed by atoms with Crippen molar-refractivity contribution in [3.8, 4) is 0 Å². The number of nitrogens with two attached hydrogens (primary N) is 1. The molecule has 0 radical (unpaired) electrons. The Labute approximate surface area is 218 Å². The van der Waals surface area contributed by atoms with E-state index in [1.54, 1.807) is 6.92 Å². The minimum Gasteiger partial charge on any atom is -0.480 e. The smallest absolute Gasteiger partial charge is 0.480 e. The van der Waals surface area contributed by atoms with E-state index < -0.39 is 51.2 Å². The van der Waals surface area contributed by atoms with E-state index in [1.807, 2.05) is 13.8 Å². The predicted octanol–water partition coefficient (Wildman–Crippen LogP) is 3.92. The number of hydrogen-bond acceptors (Lipinski definition) is 10. The molecule has 0 amide bonds. The van der Waals surface area contributed by atoms with Crippen LogP contribution in [0.3, 0.4) is 0 Å². The van der Waals surface area contributed by atoms with Crippen LogP contribution in [-0.2, 0) is 37.4 Å². The van der Waals surface area contributed by atoms with Crippen molar-refractivity contribution >= 4 is 32.0 Å². The van der Waals surface area contributed by atoms with E-state index in [0.717, 1.165) is 30.6 Å². The number of carbonyl (C=O) groups is 3. The molecule has 0 aliphatic carbocycles. The highest BCUT2D eigenvalue weighted by atomic mass is 31.2. The lowest BCUT2D eigenvalue weighted by Crippen LogP contribution is -2.45. The van der Waals surface area contributed by atoms with Gasteiger partial charge in [-0.15, -0.1) is 4.76 Å². The number of carboxylic acids is 1. The molecule has 15 heteroatoms. The fourth-order valence-corrected chi connectivity index (χ4v) is 3.91. The molecule has 0 aromatic carbocycles. The van der Waals surface area contributed by atoms with Gasteiger partial charge in [0.15, 0.2) is 0 Å². The maximum atomic E-state index is 13.2. The molecule has 0 bridgehead atoms. The zero-order chi connectivity index (χ0) is 28.1. The van der Waals surface area contributed by atoms with Gasteiger partial charge < -0.3 is 34.7 Å². The van der Waals surface area contributed by atoms with Gasteiger partial charge in [-0.25, -0.2) is 18.9 Å². The van der Waals surface area contributed by atoms with Crippen molar-refractivity contribution in [1.29, 1.82) is 0 Å². The average Bonchev–Trinajstić information content (AvgIpc) is 2.85. The number of aliphatic carboxylic acids is 1. The lowest BCUT2D eigenvalue weighted by molar-refractivity contribution is -0.141. The molecule has 0 saturated heterocycles. The Morgan fingerprint density at radius 3 is 1.62 bits per heavy atom. The fourth-order valence-electron chi connectivity index (χ4n) is 2.72. The number of guanidine groups is 1. The molecule has 0 saturated carbocycles. The Bertz CT molecular complexity index is 715. The van der Waals surface area contributed by atoms with E-state index in [4.69, 9.17) is 33.7 Å². The van der Waals surface area contributed by atoms with Gasteiger partial charge in [-0.3, -0.25) is 9.05 Å². The van der Waals surface area contributed by atoms with Crippen LogP contribution < -0.4 is 5.73 Å². The zero-order valence-electron chi connectivity index (χ0n) is 22.2. The Balaban J connectivity index is 4.97. The van der Waals surface area contributed by atoms with E-state index >= 15 is 0 Å². The third kappa shape index (κ3) is 16.7. The summed E-state index contributed by atoms with van der Waals surface area (Å²) in [6.07, 6.45) is 3.54. The Morgan fingerprint density at radius 2 is 1.24 bits per heavy atom. The minimum atomic E-state index is -4.33. The number of ether oxygens (including phenoxy) is 4. The number of likely N-dealkylation sites (N-methyl/N-ethyl adjacent to an activating group) is 1. The first-order chi connectivity index (χ1) is 17.6. The lowest BCUT2D eigenvalue weighted by atomic mass is 10.2. The van der Waals surface area contributed by atoms with Gasteiger partial charge in [0.1, 0.15) is 19.3 Å². The molecule has 14 nitrogen and oxygen atoms in total. The monoisotopic (exact) mass is 555 g/mol. The molecular formula is C22H42N3O11P. The molecule has 0 fully saturated rings. The average molecular weight is 556 g/mol. The molecule has 1 unspecified atom stereocenters. The maximum absolute atomic E-state index is 13.2. The summed E-state index contributed by atoms with van der Waals surface area (Å²) in [4.78, 5) is 35.7. The van der Waals surface area contributed by atoms with E-state index in [2.05, 4.69) is 4.76 Å². The third-order valence-corrected chi connectivity index (χ3v) is 6.24. The van der Waals surface area contributed by atoms with Crippen LogP contribution in [-0.4, -0.2) is 87.0 Å². The lowest BCUT2D eigenvalue weighted by Gasteiger charge is -2.25. The second kappa shape index (κ2) is 20.5. The number of carbonyl (C=O) groups excluding carboxylic acids is 2. The van der Waals surface area contributed by atoms with Crippen LogP contribution >= 0.6 is 7.75 Å². The van der Waals surface area contributed by atoms with Crippen molar-refractivity contribution < 1.29 is 52.1 Å². The standard InChI is InChI=1S/C22H42N3O11P/c1-5-8-10-12-31-21(28)33-14-16-35-37(30,24-20(23)25(4)18(7-3)19(26)27)36-17-15-34-22(29)32-13-11-9-6-2/h18H,5-17H2,1-4H3,(H,26,27)(H2,23,24,30). The van der Waals surface area contributed by atoms with Crippen molar-refractivity contribution in [2.75, 3.05) is 46.7 Å². The summed E-state index contributed by atoms with van der Waals surface area (Å²) >= 11 is 0. The van der Waals surface area contributed by atoms with E-state index in [1.165, 1.54) is 7.05 Å². The Kier molecular flexibility index (Phi) is 19.1. The normalized spacial score (nSPS) is 12.5. The summed E-state index contributed by atoms with van der Waals surface area (Å²) in [7, 11) is -2.96. The van der Waals surface area contributed by atoms with Crippen LogP contribution in [0.15, 0.2) is 4.76 Å². The number of nitrogens with zero attached hydrogens (tertiary/aromatic N) is 2. The first kappa shape index (κ1) is 34.4. The molecule has 0 heterocycles. The minimum absolute atomic E-state index is 0.191. The molecule has 0 rings (SSSR count). The van der Waals surface area contributed by atoms with Crippen LogP contribution in [0.25, 0.3) is 0 Å². The zero-order valence-corrected chi connectivity index (χ0v) is 23.1. The highest BCUT2D eigenvalue weighted by Gasteiger charge is 2.29. The molecule has 0 aromatic heterocycles. The summed E-state index contributed by atoms with van der Waals surface area (Å²) in [5.74, 6) is -1.57. The summed E-state index contributed by atoms with van der Waals surface area (Å²) < 4.78 is 46.8. The van der Waals surface area contributed by atoms with Crippen LogP contribution in [0.5, 0.6) is 0 Å². The SMILES string of the molecule is CCCCCOC(=O)OCCOP(=O)(N=C(N)N(C)C(CC)C(=O)O)OCCOC(=O)OCCCCC. The molecule has 0 aliphatic heterocycles. The van der Waals surface area contributed by atoms with Crippen LogP contribution in [0, 0.1) is 0 Å². The van der Waals surface area contributed by atoms with Crippen molar-refractivity contribution in [1.82, 2.24) is 4.90 Å². The predicted molar refractivity (Wildman–Crippen MR) is 134 cm³/mol. The second-order valence-corrected chi connectivity index (χ2v) is 9.43. The number of hydrogen-bond donors (Lipinski definition) is 2. The van der Waals surface area contributed by atoms with E-state index in [-0.39, 0.29) is 32.8 Å². The van der Waals surface area contributed by atoms with Crippen LogP contribution in [0.2, 0.25) is 0 Å².